The summed E-state index contributed by atoms with van der Waals surface area (Å²) in [4.78, 5) is 24.4. The zero-order valence-corrected chi connectivity index (χ0v) is 22.8. The first-order chi connectivity index (χ1) is 17.8. The maximum Gasteiger partial charge on any atom is 0.433 e. The highest BCUT2D eigenvalue weighted by atomic mass is 19.4. The fraction of sp³-hybridized carbons (Fsp3) is 0.448. The van der Waals surface area contributed by atoms with Crippen LogP contribution >= 0.6 is 0 Å². The molecule has 0 fully saturated rings. The molecule has 0 amide bonds. The van der Waals surface area contributed by atoms with E-state index >= 15 is 0 Å². The molecular weight excluding hydrogens is 495 g/mol. The third-order valence-corrected chi connectivity index (χ3v) is 6.62. The molecule has 0 saturated carbocycles. The Balaban J connectivity index is 1.81. The molecule has 2 atom stereocenters. The summed E-state index contributed by atoms with van der Waals surface area (Å²) in [7, 11) is 1.32. The third-order valence-electron chi connectivity index (χ3n) is 6.62. The van der Waals surface area contributed by atoms with Gasteiger partial charge in [-0.15, -0.1) is 0 Å². The molecule has 0 aliphatic carbocycles. The van der Waals surface area contributed by atoms with Gasteiger partial charge in [-0.2, -0.15) is 13.2 Å². The predicted molar refractivity (Wildman–Crippen MR) is 139 cm³/mol. The zero-order chi connectivity index (χ0) is 28.2. The van der Waals surface area contributed by atoms with E-state index in [-0.39, 0.29) is 29.0 Å². The highest BCUT2D eigenvalue weighted by Gasteiger charge is 2.34. The number of rotatable bonds is 9. The van der Waals surface area contributed by atoms with Gasteiger partial charge in [0.2, 0.25) is 0 Å². The van der Waals surface area contributed by atoms with Crippen LogP contribution in [0.2, 0.25) is 0 Å². The molecule has 0 spiro atoms. The summed E-state index contributed by atoms with van der Waals surface area (Å²) in [6, 6.07) is 5.22. The SMILES string of the molecule is COC(=O)c1cc(C)c([C@H](C)COc2cc(C(C)C)cnc2C[C@H](C)c2cnc(C(F)(F)F)c(C)c2)cn1. The van der Waals surface area contributed by atoms with Crippen molar-refractivity contribution in [1.82, 2.24) is 15.0 Å². The lowest BCUT2D eigenvalue weighted by Gasteiger charge is -2.20. The van der Waals surface area contributed by atoms with Gasteiger partial charge in [0.25, 0.3) is 0 Å². The van der Waals surface area contributed by atoms with Crippen LogP contribution in [0.5, 0.6) is 5.75 Å². The van der Waals surface area contributed by atoms with Crippen molar-refractivity contribution < 1.29 is 27.4 Å². The number of nitrogens with zero attached hydrogens (tertiary/aromatic N) is 3. The first-order valence-electron chi connectivity index (χ1n) is 12.5. The van der Waals surface area contributed by atoms with Gasteiger partial charge in [-0.3, -0.25) is 9.97 Å². The van der Waals surface area contributed by atoms with Crippen LogP contribution in [0.15, 0.2) is 36.8 Å². The van der Waals surface area contributed by atoms with Crippen molar-refractivity contribution in [3.05, 3.63) is 81.7 Å². The van der Waals surface area contributed by atoms with Crippen molar-refractivity contribution in [2.24, 2.45) is 0 Å². The van der Waals surface area contributed by atoms with Crippen LogP contribution in [0.25, 0.3) is 0 Å². The Hall–Kier alpha value is -3.49. The highest BCUT2D eigenvalue weighted by molar-refractivity contribution is 5.87. The summed E-state index contributed by atoms with van der Waals surface area (Å²) in [5.74, 6) is 0.246. The van der Waals surface area contributed by atoms with Gasteiger partial charge < -0.3 is 9.47 Å². The Morgan fingerprint density at radius 1 is 0.895 bits per heavy atom. The quantitative estimate of drug-likeness (QED) is 0.279. The normalized spacial score (nSPS) is 13.3. The summed E-state index contributed by atoms with van der Waals surface area (Å²) >= 11 is 0. The van der Waals surface area contributed by atoms with Gasteiger partial charge in [-0.25, -0.2) is 9.78 Å². The molecule has 0 N–H and O–H groups in total. The number of methoxy groups -OCH3 is 1. The minimum atomic E-state index is -4.48. The lowest BCUT2D eigenvalue weighted by molar-refractivity contribution is -0.141. The second-order valence-corrected chi connectivity index (χ2v) is 10.0. The number of aromatic nitrogens is 3. The van der Waals surface area contributed by atoms with Gasteiger partial charge in [-0.05, 0) is 65.6 Å². The van der Waals surface area contributed by atoms with E-state index in [0.29, 0.717) is 24.3 Å². The number of hydrogen-bond acceptors (Lipinski definition) is 6. The van der Waals surface area contributed by atoms with E-state index < -0.39 is 17.8 Å². The number of hydrogen-bond donors (Lipinski definition) is 0. The van der Waals surface area contributed by atoms with Gasteiger partial charge in [-0.1, -0.05) is 33.8 Å². The molecule has 0 aliphatic rings. The Bertz CT molecular complexity index is 1290. The molecule has 3 rings (SSSR count). The van der Waals surface area contributed by atoms with Gasteiger partial charge in [0.1, 0.15) is 17.1 Å². The van der Waals surface area contributed by atoms with Crippen LogP contribution in [0, 0.1) is 13.8 Å². The first kappa shape index (κ1) is 29.1. The lowest BCUT2D eigenvalue weighted by Crippen LogP contribution is -2.14. The van der Waals surface area contributed by atoms with Crippen molar-refractivity contribution in [2.45, 2.75) is 71.9 Å². The minimum Gasteiger partial charge on any atom is -0.491 e. The van der Waals surface area contributed by atoms with Gasteiger partial charge in [0.15, 0.2) is 0 Å². The van der Waals surface area contributed by atoms with Crippen molar-refractivity contribution in [1.29, 1.82) is 0 Å². The molecule has 0 unspecified atom stereocenters. The summed E-state index contributed by atoms with van der Waals surface area (Å²) in [5, 5.41) is 0. The van der Waals surface area contributed by atoms with Crippen LogP contribution < -0.4 is 4.74 Å². The summed E-state index contributed by atoms with van der Waals surface area (Å²) in [5.41, 5.74) is 3.79. The van der Waals surface area contributed by atoms with E-state index in [4.69, 9.17) is 9.47 Å². The van der Waals surface area contributed by atoms with E-state index in [9.17, 15) is 18.0 Å². The maximum atomic E-state index is 13.1. The van der Waals surface area contributed by atoms with Crippen molar-refractivity contribution in [3.63, 3.8) is 0 Å². The van der Waals surface area contributed by atoms with Crippen molar-refractivity contribution in [2.75, 3.05) is 13.7 Å². The molecule has 204 valence electrons. The maximum absolute atomic E-state index is 13.1. The summed E-state index contributed by atoms with van der Waals surface area (Å²) in [6.45, 7) is 11.8. The third kappa shape index (κ3) is 6.88. The average Bonchev–Trinajstić information content (AvgIpc) is 2.86. The Labute approximate surface area is 221 Å². The smallest absolute Gasteiger partial charge is 0.433 e. The van der Waals surface area contributed by atoms with Crippen LogP contribution in [0.1, 0.15) is 95.1 Å². The molecule has 3 aromatic rings. The molecule has 3 heterocycles. The van der Waals surface area contributed by atoms with Gasteiger partial charge in [0, 0.05) is 30.9 Å². The monoisotopic (exact) mass is 529 g/mol. The molecule has 9 heteroatoms. The van der Waals surface area contributed by atoms with E-state index in [1.165, 1.54) is 20.2 Å². The average molecular weight is 530 g/mol. The molecule has 0 radical (unpaired) electrons. The second-order valence-electron chi connectivity index (χ2n) is 10.0. The van der Waals surface area contributed by atoms with Crippen molar-refractivity contribution >= 4 is 5.97 Å². The van der Waals surface area contributed by atoms with Crippen LogP contribution in [-0.2, 0) is 17.3 Å². The molecule has 3 aromatic heterocycles. The van der Waals surface area contributed by atoms with Gasteiger partial charge >= 0.3 is 12.1 Å². The number of esters is 1. The largest absolute Gasteiger partial charge is 0.491 e. The van der Waals surface area contributed by atoms with E-state index in [2.05, 4.69) is 28.8 Å². The minimum absolute atomic E-state index is 0.0241. The summed E-state index contributed by atoms with van der Waals surface area (Å²) < 4.78 is 50.4. The van der Waals surface area contributed by atoms with E-state index in [1.807, 2.05) is 33.0 Å². The Kier molecular flexibility index (Phi) is 9.12. The standard InChI is InChI=1S/C29H34F3N3O3/c1-16(2)21-11-26(38-15-20(6)23-14-34-25(10-18(23)4)28(36)37-7)24(33-12-21)9-17(3)22-8-19(5)27(35-13-22)29(30,31)32/h8,10-14,16-17,20H,9,15H2,1-7H3/t17-,20+/m0/s1. The summed E-state index contributed by atoms with van der Waals surface area (Å²) in [6.07, 6.45) is 0.772. The lowest BCUT2D eigenvalue weighted by atomic mass is 9.94. The fourth-order valence-corrected chi connectivity index (χ4v) is 4.26. The zero-order valence-electron chi connectivity index (χ0n) is 22.8. The molecule has 0 aliphatic heterocycles. The predicted octanol–water partition coefficient (Wildman–Crippen LogP) is 6.95. The van der Waals surface area contributed by atoms with Crippen molar-refractivity contribution in [3.8, 4) is 5.75 Å². The number of pyridine rings is 3. The topological polar surface area (TPSA) is 74.2 Å². The molecule has 6 nitrogen and oxygen atoms in total. The number of alkyl halides is 3. The molecule has 0 saturated heterocycles. The van der Waals surface area contributed by atoms with Crippen LogP contribution in [0.4, 0.5) is 13.2 Å². The number of halogens is 3. The Morgan fingerprint density at radius 2 is 1.58 bits per heavy atom. The molecule has 38 heavy (non-hydrogen) atoms. The molecule has 0 aromatic carbocycles. The van der Waals surface area contributed by atoms with E-state index in [1.54, 1.807) is 18.3 Å². The fourth-order valence-electron chi connectivity index (χ4n) is 4.26. The molecular formula is C29H34F3N3O3. The Morgan fingerprint density at radius 3 is 2.16 bits per heavy atom. The number of ether oxygens (including phenoxy) is 2. The highest BCUT2D eigenvalue weighted by Crippen LogP contribution is 2.33. The molecule has 0 bridgehead atoms. The number of aryl methyl sites for hydroxylation is 2. The second kappa shape index (κ2) is 11.9. The van der Waals surface area contributed by atoms with Crippen LogP contribution in [0.3, 0.4) is 0 Å². The first-order valence-corrected chi connectivity index (χ1v) is 12.5. The van der Waals surface area contributed by atoms with Crippen LogP contribution in [-0.4, -0.2) is 34.6 Å². The number of carbonyl (C=O) groups is 1. The van der Waals surface area contributed by atoms with Gasteiger partial charge in [0.05, 0.1) is 19.4 Å². The number of carbonyl (C=O) groups excluding carboxylic acids is 1. The van der Waals surface area contributed by atoms with E-state index in [0.717, 1.165) is 22.4 Å².